The van der Waals surface area contributed by atoms with Crippen molar-refractivity contribution in [3.63, 3.8) is 0 Å². The highest BCUT2D eigenvalue weighted by atomic mass is 35.5. The summed E-state index contributed by atoms with van der Waals surface area (Å²) in [6.45, 7) is 0. The van der Waals surface area contributed by atoms with Crippen molar-refractivity contribution in [3.05, 3.63) is 95.7 Å². The number of H-pyrrole nitrogens is 1. The summed E-state index contributed by atoms with van der Waals surface area (Å²) in [7, 11) is 0. The summed E-state index contributed by atoms with van der Waals surface area (Å²) >= 11 is 14.2. The highest BCUT2D eigenvalue weighted by molar-refractivity contribution is 7.09. The van der Waals surface area contributed by atoms with E-state index in [1.54, 1.807) is 48.5 Å². The average molecular weight is 534 g/mol. The molecular formula is C26H17Cl2N5O2S. The maximum Gasteiger partial charge on any atom is 0.307 e. The van der Waals surface area contributed by atoms with Gasteiger partial charge in [0.15, 0.2) is 5.41 Å². The second-order valence-corrected chi connectivity index (χ2v) is 10.7. The predicted molar refractivity (Wildman–Crippen MR) is 135 cm³/mol. The molecule has 1 fully saturated rings. The molecule has 1 saturated carbocycles. The molecule has 2 atom stereocenters. The fraction of sp³-hybridized carbons (Fsp3) is 0.231. The van der Waals surface area contributed by atoms with E-state index in [2.05, 4.69) is 23.2 Å². The van der Waals surface area contributed by atoms with E-state index >= 15 is 0 Å². The van der Waals surface area contributed by atoms with E-state index in [0.717, 1.165) is 11.3 Å². The summed E-state index contributed by atoms with van der Waals surface area (Å²) in [5.74, 6) is -1.47. The van der Waals surface area contributed by atoms with Gasteiger partial charge in [-0.15, -0.1) is 0 Å². The standard InChI is InChI=1S/C26H17Cl2N5O2S/c27-19-7-3-1-5-14(19)16-9-25(18(11-29)22(32)35-23-21(25)36-24(34)33-23)10-17(26(16,12-30)13-31)15-6-2-4-8-20(15)28/h1-8,16-17H,9-10,32H2,(H,33,34). The molecule has 7 nitrogen and oxygen atoms in total. The van der Waals surface area contributed by atoms with Crippen LogP contribution < -0.4 is 15.3 Å². The van der Waals surface area contributed by atoms with Gasteiger partial charge in [-0.1, -0.05) is 70.9 Å². The van der Waals surface area contributed by atoms with Crippen LogP contribution in [0.1, 0.15) is 40.7 Å². The molecule has 2 aliphatic rings. The van der Waals surface area contributed by atoms with E-state index in [4.69, 9.17) is 33.7 Å². The Morgan fingerprint density at radius 3 is 1.97 bits per heavy atom. The van der Waals surface area contributed by atoms with Crippen LogP contribution in [0.2, 0.25) is 10.0 Å². The number of hydrogen-bond acceptors (Lipinski definition) is 7. The quantitative estimate of drug-likeness (QED) is 0.447. The first-order valence-corrected chi connectivity index (χ1v) is 12.5. The topological polar surface area (TPSA) is 139 Å². The van der Waals surface area contributed by atoms with Gasteiger partial charge in [0.2, 0.25) is 11.8 Å². The molecule has 1 aliphatic heterocycles. The first kappa shape index (κ1) is 24.0. The molecule has 3 aromatic rings. The van der Waals surface area contributed by atoms with Crippen molar-refractivity contribution < 1.29 is 4.74 Å². The maximum absolute atomic E-state index is 12.4. The summed E-state index contributed by atoms with van der Waals surface area (Å²) in [5.41, 5.74) is 4.82. The van der Waals surface area contributed by atoms with Crippen molar-refractivity contribution in [2.24, 2.45) is 11.1 Å². The van der Waals surface area contributed by atoms with Crippen LogP contribution in [0, 0.1) is 39.4 Å². The Balaban J connectivity index is 1.88. The van der Waals surface area contributed by atoms with Gasteiger partial charge in [-0.05, 0) is 36.1 Å². The van der Waals surface area contributed by atoms with Crippen molar-refractivity contribution in [1.82, 2.24) is 4.98 Å². The number of benzene rings is 2. The number of hydrogen-bond donors (Lipinski definition) is 2. The van der Waals surface area contributed by atoms with Crippen molar-refractivity contribution in [2.75, 3.05) is 0 Å². The highest BCUT2D eigenvalue weighted by Crippen LogP contribution is 2.65. The molecule has 36 heavy (non-hydrogen) atoms. The van der Waals surface area contributed by atoms with E-state index < -0.39 is 22.7 Å². The maximum atomic E-state index is 12.4. The molecule has 1 aromatic heterocycles. The van der Waals surface area contributed by atoms with Crippen LogP contribution in [0.4, 0.5) is 0 Å². The molecule has 0 radical (unpaired) electrons. The summed E-state index contributed by atoms with van der Waals surface area (Å²) < 4.78 is 5.63. The lowest BCUT2D eigenvalue weighted by atomic mass is 9.49. The largest absolute Gasteiger partial charge is 0.423 e. The van der Waals surface area contributed by atoms with E-state index in [1.807, 2.05) is 0 Å². The smallest absolute Gasteiger partial charge is 0.307 e. The van der Waals surface area contributed by atoms with Gasteiger partial charge < -0.3 is 10.5 Å². The van der Waals surface area contributed by atoms with Crippen molar-refractivity contribution >= 4 is 34.5 Å². The number of ether oxygens (including phenoxy) is 1. The van der Waals surface area contributed by atoms with Crippen LogP contribution in [-0.2, 0) is 5.41 Å². The molecule has 5 rings (SSSR count). The van der Waals surface area contributed by atoms with Crippen molar-refractivity contribution in [2.45, 2.75) is 30.1 Å². The fourth-order valence-corrected chi connectivity index (χ4v) is 7.18. The summed E-state index contributed by atoms with van der Waals surface area (Å²) in [4.78, 5) is 15.2. The zero-order chi connectivity index (χ0) is 25.7. The number of halogens is 2. The molecule has 2 unspecified atom stereocenters. The summed E-state index contributed by atoms with van der Waals surface area (Å²) in [6, 6.07) is 20.8. The SMILES string of the molecule is N#CC1=C(N)Oc2[nH]c(=O)sc2C12CC(c1ccccc1Cl)C(C#N)(C#N)C(c1ccccc1Cl)C2. The number of fused-ring (bicyclic) bond motifs is 2. The Labute approximate surface area is 220 Å². The molecule has 178 valence electrons. The molecule has 0 bridgehead atoms. The van der Waals surface area contributed by atoms with Gasteiger partial charge in [0.05, 0.1) is 22.4 Å². The van der Waals surface area contributed by atoms with Gasteiger partial charge in [0.1, 0.15) is 11.6 Å². The van der Waals surface area contributed by atoms with Crippen molar-refractivity contribution in [3.8, 4) is 24.1 Å². The minimum absolute atomic E-state index is 0.128. The van der Waals surface area contributed by atoms with Crippen LogP contribution in [0.3, 0.4) is 0 Å². The van der Waals surface area contributed by atoms with Crippen LogP contribution in [0.25, 0.3) is 0 Å². The van der Waals surface area contributed by atoms with Gasteiger partial charge in [-0.2, -0.15) is 15.8 Å². The Morgan fingerprint density at radius 2 is 1.50 bits per heavy atom. The predicted octanol–water partition coefficient (Wildman–Crippen LogP) is 5.46. The van der Waals surface area contributed by atoms with Crippen LogP contribution in [-0.4, -0.2) is 4.98 Å². The van der Waals surface area contributed by atoms with Crippen molar-refractivity contribution in [1.29, 1.82) is 15.8 Å². The Hall–Kier alpha value is -3.74. The number of thiazole rings is 1. The van der Waals surface area contributed by atoms with Gasteiger partial charge in [0, 0.05) is 21.9 Å². The lowest BCUT2D eigenvalue weighted by Gasteiger charge is -2.51. The molecule has 3 N–H and O–H groups in total. The van der Waals surface area contributed by atoms with Gasteiger partial charge >= 0.3 is 4.87 Å². The van der Waals surface area contributed by atoms with Crippen LogP contribution >= 0.6 is 34.5 Å². The summed E-state index contributed by atoms with van der Waals surface area (Å²) in [6.07, 6.45) is 0.263. The lowest BCUT2D eigenvalue weighted by molar-refractivity contribution is 0.169. The number of allylic oxidation sites excluding steroid dienone is 1. The summed E-state index contributed by atoms with van der Waals surface area (Å²) in [5, 5.41) is 32.2. The number of nitrogens with one attached hydrogen (secondary N) is 1. The molecule has 0 saturated heterocycles. The lowest BCUT2D eigenvalue weighted by Crippen LogP contribution is -2.49. The molecule has 1 aliphatic carbocycles. The highest BCUT2D eigenvalue weighted by Gasteiger charge is 2.62. The molecule has 2 aromatic carbocycles. The number of nitrogens with zero attached hydrogens (tertiary/aromatic N) is 3. The van der Waals surface area contributed by atoms with E-state index in [-0.39, 0.29) is 35.1 Å². The molecule has 0 amide bonds. The second-order valence-electron chi connectivity index (χ2n) is 8.86. The first-order chi connectivity index (χ1) is 17.3. The number of nitriles is 3. The third-order valence-corrected chi connectivity index (χ3v) is 8.99. The van der Waals surface area contributed by atoms with Crippen LogP contribution in [0.15, 0.2) is 64.8 Å². The number of rotatable bonds is 2. The third kappa shape index (κ3) is 3.33. The number of aromatic nitrogens is 1. The van der Waals surface area contributed by atoms with E-state index in [9.17, 15) is 20.6 Å². The third-order valence-electron chi connectivity index (χ3n) is 7.24. The van der Waals surface area contributed by atoms with E-state index in [1.165, 1.54) is 0 Å². The molecule has 2 heterocycles. The molecular weight excluding hydrogens is 517 g/mol. The van der Waals surface area contributed by atoms with Gasteiger partial charge in [-0.3, -0.25) is 9.78 Å². The van der Waals surface area contributed by atoms with Gasteiger partial charge in [-0.25, -0.2) is 0 Å². The number of nitrogens with two attached hydrogens (primary N) is 1. The monoisotopic (exact) mass is 533 g/mol. The number of aromatic amines is 1. The molecule has 1 spiro atoms. The Bertz CT molecular complexity index is 1530. The van der Waals surface area contributed by atoms with Gasteiger partial charge in [0.25, 0.3) is 0 Å². The first-order valence-electron chi connectivity index (χ1n) is 10.9. The van der Waals surface area contributed by atoms with E-state index in [0.29, 0.717) is 26.0 Å². The van der Waals surface area contributed by atoms with Crippen LogP contribution in [0.5, 0.6) is 5.88 Å². The second kappa shape index (κ2) is 8.73. The molecule has 10 heteroatoms. The average Bonchev–Trinajstić information content (AvgIpc) is 3.25. The fourth-order valence-electron chi connectivity index (χ4n) is 5.67. The minimum Gasteiger partial charge on any atom is -0.423 e. The Morgan fingerprint density at radius 1 is 0.972 bits per heavy atom. The minimum atomic E-state index is -1.59. The normalized spacial score (nSPS) is 24.2. The zero-order valence-corrected chi connectivity index (χ0v) is 20.9. The Kier molecular flexibility index (Phi) is 5.81. The zero-order valence-electron chi connectivity index (χ0n) is 18.6.